The number of carbonyl (C=O) groups excluding carboxylic acids is 2. The van der Waals surface area contributed by atoms with E-state index in [0.29, 0.717) is 13.0 Å². The number of hydrogen-bond acceptors (Lipinski definition) is 3. The van der Waals surface area contributed by atoms with Gasteiger partial charge in [-0.3, -0.25) is 9.59 Å². The minimum absolute atomic E-state index is 0.0215. The van der Waals surface area contributed by atoms with Crippen LogP contribution < -0.4 is 10.1 Å². The molecule has 4 heteroatoms. The first-order chi connectivity index (χ1) is 11.8. The van der Waals surface area contributed by atoms with Crippen molar-refractivity contribution in [1.29, 1.82) is 0 Å². The zero-order valence-corrected chi connectivity index (χ0v) is 15.8. The van der Waals surface area contributed by atoms with Gasteiger partial charge in [0.25, 0.3) is 0 Å². The zero-order chi connectivity index (χ0) is 18.3. The van der Waals surface area contributed by atoms with Gasteiger partial charge >= 0.3 is 0 Å². The van der Waals surface area contributed by atoms with E-state index in [2.05, 4.69) is 26.1 Å². The van der Waals surface area contributed by atoms with Crippen molar-refractivity contribution in [1.82, 2.24) is 0 Å². The highest BCUT2D eigenvalue weighted by molar-refractivity contribution is 6.04. The fourth-order valence-electron chi connectivity index (χ4n) is 4.58. The van der Waals surface area contributed by atoms with E-state index in [0.717, 1.165) is 37.1 Å². The third-order valence-electron chi connectivity index (χ3n) is 7.02. The molecule has 0 aromatic heterocycles. The third kappa shape index (κ3) is 2.57. The molecule has 2 fully saturated rings. The molecule has 0 unspecified atom stereocenters. The maximum atomic E-state index is 13.1. The number of amides is 1. The molecular formula is C21H29NO3. The average molecular weight is 343 g/mol. The second-order valence-electron chi connectivity index (χ2n) is 8.32. The predicted octanol–water partition coefficient (Wildman–Crippen LogP) is 4.59. The largest absolute Gasteiger partial charge is 0.494 e. The number of carbonyl (C=O) groups is 2. The fourth-order valence-corrected chi connectivity index (χ4v) is 4.58. The minimum atomic E-state index is -0.588. The van der Waals surface area contributed by atoms with E-state index in [9.17, 15) is 9.59 Å². The van der Waals surface area contributed by atoms with Crippen molar-refractivity contribution in [3.63, 3.8) is 0 Å². The van der Waals surface area contributed by atoms with Gasteiger partial charge in [0, 0.05) is 17.5 Å². The second kappa shape index (κ2) is 6.15. The van der Waals surface area contributed by atoms with Gasteiger partial charge in [0.1, 0.15) is 11.5 Å². The van der Waals surface area contributed by atoms with Crippen LogP contribution in [0.5, 0.6) is 5.75 Å². The van der Waals surface area contributed by atoms with E-state index >= 15 is 0 Å². The summed E-state index contributed by atoms with van der Waals surface area (Å²) in [5, 5.41) is 3.04. The highest BCUT2D eigenvalue weighted by Gasteiger charge is 2.72. The van der Waals surface area contributed by atoms with Gasteiger partial charge < -0.3 is 10.1 Å². The van der Waals surface area contributed by atoms with E-state index in [1.54, 1.807) is 0 Å². The Kier molecular flexibility index (Phi) is 4.42. The number of fused-ring (bicyclic) bond motifs is 2. The number of Topliss-reactive ketones (excluding diaryl/α,β-unsaturated/α-hetero) is 1. The lowest BCUT2D eigenvalue weighted by Gasteiger charge is -2.38. The summed E-state index contributed by atoms with van der Waals surface area (Å²) >= 11 is 0. The van der Waals surface area contributed by atoms with Crippen LogP contribution in [0.4, 0.5) is 5.69 Å². The van der Waals surface area contributed by atoms with Crippen molar-refractivity contribution < 1.29 is 14.3 Å². The van der Waals surface area contributed by atoms with Crippen LogP contribution in [0.15, 0.2) is 24.3 Å². The Morgan fingerprint density at radius 3 is 2.36 bits per heavy atom. The Balaban J connectivity index is 1.72. The average Bonchev–Trinajstić information content (AvgIpc) is 2.87. The molecular weight excluding hydrogens is 314 g/mol. The molecule has 2 bridgehead atoms. The standard InChI is InChI=1S/C21H29NO3/c1-5-6-13-25-16-9-7-15(8-10-16)22-18(24)21-12-11-20(4,17(23)14-21)19(21,2)3/h7-10H,5-6,11-14H2,1-4H3,(H,22,24)/t20-,21+/m0/s1. The van der Waals surface area contributed by atoms with Crippen molar-refractivity contribution in [2.75, 3.05) is 11.9 Å². The summed E-state index contributed by atoms with van der Waals surface area (Å²) in [5.41, 5.74) is -0.521. The van der Waals surface area contributed by atoms with Crippen LogP contribution in [-0.4, -0.2) is 18.3 Å². The highest BCUT2D eigenvalue weighted by atomic mass is 16.5. The van der Waals surface area contributed by atoms with Gasteiger partial charge in [-0.1, -0.05) is 34.1 Å². The first kappa shape index (κ1) is 18.0. The van der Waals surface area contributed by atoms with Crippen molar-refractivity contribution in [3.8, 4) is 5.75 Å². The van der Waals surface area contributed by atoms with Gasteiger partial charge in [0.05, 0.1) is 12.0 Å². The Bertz CT molecular complexity index is 679. The predicted molar refractivity (Wildman–Crippen MR) is 98.7 cm³/mol. The Morgan fingerprint density at radius 1 is 1.16 bits per heavy atom. The minimum Gasteiger partial charge on any atom is -0.494 e. The summed E-state index contributed by atoms with van der Waals surface area (Å²) < 4.78 is 5.66. The molecule has 2 aliphatic rings. The molecule has 25 heavy (non-hydrogen) atoms. The molecule has 1 amide bonds. The first-order valence-corrected chi connectivity index (χ1v) is 9.34. The van der Waals surface area contributed by atoms with Crippen LogP contribution >= 0.6 is 0 Å². The van der Waals surface area contributed by atoms with Crippen LogP contribution in [-0.2, 0) is 9.59 Å². The normalized spacial score (nSPS) is 29.7. The molecule has 2 aliphatic carbocycles. The van der Waals surface area contributed by atoms with Crippen molar-refractivity contribution in [3.05, 3.63) is 24.3 Å². The number of rotatable bonds is 6. The first-order valence-electron chi connectivity index (χ1n) is 9.34. The van der Waals surface area contributed by atoms with E-state index in [-0.39, 0.29) is 22.5 Å². The Morgan fingerprint density at radius 2 is 1.84 bits per heavy atom. The molecule has 0 aliphatic heterocycles. The fraction of sp³-hybridized carbons (Fsp3) is 0.619. The van der Waals surface area contributed by atoms with Crippen molar-refractivity contribution in [2.24, 2.45) is 16.2 Å². The smallest absolute Gasteiger partial charge is 0.231 e. The molecule has 136 valence electrons. The lowest BCUT2D eigenvalue weighted by Crippen LogP contribution is -2.43. The van der Waals surface area contributed by atoms with Gasteiger partial charge in [-0.25, -0.2) is 0 Å². The Hall–Kier alpha value is -1.84. The molecule has 0 heterocycles. The summed E-state index contributed by atoms with van der Waals surface area (Å²) in [5.74, 6) is 1.03. The van der Waals surface area contributed by atoms with Crippen molar-refractivity contribution >= 4 is 17.4 Å². The summed E-state index contributed by atoms with van der Waals surface area (Å²) in [7, 11) is 0. The molecule has 2 atom stereocenters. The Labute approximate surface area is 150 Å². The molecule has 1 aromatic carbocycles. The van der Waals surface area contributed by atoms with E-state index in [1.807, 2.05) is 31.2 Å². The third-order valence-corrected chi connectivity index (χ3v) is 7.02. The van der Waals surface area contributed by atoms with Crippen LogP contribution in [0.3, 0.4) is 0 Å². The summed E-state index contributed by atoms with van der Waals surface area (Å²) in [4.78, 5) is 25.6. The maximum absolute atomic E-state index is 13.1. The number of nitrogens with one attached hydrogen (secondary N) is 1. The summed E-state index contributed by atoms with van der Waals surface area (Å²) in [6.07, 6.45) is 4.08. The van der Waals surface area contributed by atoms with E-state index in [4.69, 9.17) is 4.74 Å². The van der Waals surface area contributed by atoms with Crippen LogP contribution in [0, 0.1) is 16.2 Å². The molecule has 2 saturated carbocycles. The molecule has 0 radical (unpaired) electrons. The van der Waals surface area contributed by atoms with Gasteiger partial charge in [-0.2, -0.15) is 0 Å². The highest BCUT2D eigenvalue weighted by Crippen LogP contribution is 2.70. The van der Waals surface area contributed by atoms with Gasteiger partial charge in [0.2, 0.25) is 5.91 Å². The number of unbranched alkanes of at least 4 members (excludes halogenated alkanes) is 1. The number of benzene rings is 1. The van der Waals surface area contributed by atoms with Crippen LogP contribution in [0.2, 0.25) is 0 Å². The molecule has 0 saturated heterocycles. The molecule has 1 N–H and O–H groups in total. The maximum Gasteiger partial charge on any atom is 0.231 e. The molecule has 0 spiro atoms. The molecule has 3 rings (SSSR count). The van der Waals surface area contributed by atoms with Crippen molar-refractivity contribution in [2.45, 2.75) is 59.8 Å². The molecule has 1 aromatic rings. The van der Waals surface area contributed by atoms with Gasteiger partial charge in [-0.05, 0) is 48.9 Å². The number of anilines is 1. The van der Waals surface area contributed by atoms with E-state index in [1.165, 1.54) is 0 Å². The monoisotopic (exact) mass is 343 g/mol. The van der Waals surface area contributed by atoms with Crippen LogP contribution in [0.1, 0.15) is 59.8 Å². The lowest BCUT2D eigenvalue weighted by molar-refractivity contribution is -0.131. The quantitative estimate of drug-likeness (QED) is 0.769. The van der Waals surface area contributed by atoms with Gasteiger partial charge in [-0.15, -0.1) is 0 Å². The number of hydrogen-bond donors (Lipinski definition) is 1. The lowest BCUT2D eigenvalue weighted by atomic mass is 9.64. The molecule has 4 nitrogen and oxygen atoms in total. The second-order valence-corrected chi connectivity index (χ2v) is 8.32. The summed E-state index contributed by atoms with van der Waals surface area (Å²) in [6.45, 7) is 9.02. The SMILES string of the molecule is CCCCOc1ccc(NC(=O)[C@@]23CC[C@@](C)(C(=O)C2)C3(C)C)cc1. The number of ketones is 1. The van der Waals surface area contributed by atoms with Gasteiger partial charge in [0.15, 0.2) is 0 Å². The van der Waals surface area contributed by atoms with E-state index < -0.39 is 5.41 Å². The topological polar surface area (TPSA) is 55.4 Å². The summed E-state index contributed by atoms with van der Waals surface area (Å²) in [6, 6.07) is 7.50. The zero-order valence-electron chi connectivity index (χ0n) is 15.8. The number of ether oxygens (including phenoxy) is 1. The van der Waals surface area contributed by atoms with Crippen LogP contribution in [0.25, 0.3) is 0 Å².